The largest absolute Gasteiger partial charge is 0.368 e. The summed E-state index contributed by atoms with van der Waals surface area (Å²) in [6.07, 6.45) is 0. The quantitative estimate of drug-likeness (QED) is 0.759. The zero-order valence-corrected chi connectivity index (χ0v) is 11.8. The lowest BCUT2D eigenvalue weighted by atomic mass is 10.0. The van der Waals surface area contributed by atoms with Crippen molar-refractivity contribution in [3.8, 4) is 0 Å². The van der Waals surface area contributed by atoms with Gasteiger partial charge in [0.1, 0.15) is 0 Å². The summed E-state index contributed by atoms with van der Waals surface area (Å²) in [6.45, 7) is 11.7. The molecule has 0 N–H and O–H groups in total. The first-order chi connectivity index (χ1) is 8.49. The Balaban J connectivity index is 2.17. The third-order valence-electron chi connectivity index (χ3n) is 3.68. The molecule has 1 aliphatic rings. The Morgan fingerprint density at radius 1 is 1.00 bits per heavy atom. The smallest absolute Gasteiger partial charge is 0.219 e. The standard InChI is InChI=1S/C15H22N2O/c1-11-9-12(2)15(13(3)10-11)17-7-5-16(6-8-17)14(4)18/h9-10H,5-8H2,1-4H3. The van der Waals surface area contributed by atoms with Gasteiger partial charge in [-0.2, -0.15) is 0 Å². The van der Waals surface area contributed by atoms with E-state index in [0.29, 0.717) is 0 Å². The maximum Gasteiger partial charge on any atom is 0.219 e. The first kappa shape index (κ1) is 12.9. The molecular weight excluding hydrogens is 224 g/mol. The number of benzene rings is 1. The van der Waals surface area contributed by atoms with E-state index in [1.807, 2.05) is 4.90 Å². The lowest BCUT2D eigenvalue weighted by Gasteiger charge is -2.37. The average Bonchev–Trinajstić information content (AvgIpc) is 2.28. The van der Waals surface area contributed by atoms with E-state index in [4.69, 9.17) is 0 Å². The lowest BCUT2D eigenvalue weighted by molar-refractivity contribution is -0.129. The van der Waals surface area contributed by atoms with E-state index < -0.39 is 0 Å². The number of hydrogen-bond donors (Lipinski definition) is 0. The van der Waals surface area contributed by atoms with Gasteiger partial charge >= 0.3 is 0 Å². The van der Waals surface area contributed by atoms with Crippen molar-refractivity contribution < 1.29 is 4.79 Å². The number of nitrogens with zero attached hydrogens (tertiary/aromatic N) is 2. The van der Waals surface area contributed by atoms with Crippen LogP contribution in [0.2, 0.25) is 0 Å². The number of rotatable bonds is 1. The fourth-order valence-electron chi connectivity index (χ4n) is 2.92. The summed E-state index contributed by atoms with van der Waals surface area (Å²) < 4.78 is 0. The molecule has 1 aliphatic heterocycles. The Morgan fingerprint density at radius 2 is 1.50 bits per heavy atom. The molecule has 1 fully saturated rings. The van der Waals surface area contributed by atoms with Crippen molar-refractivity contribution in [3.63, 3.8) is 0 Å². The van der Waals surface area contributed by atoms with Crippen molar-refractivity contribution in [2.75, 3.05) is 31.1 Å². The molecule has 0 unspecified atom stereocenters. The Bertz CT molecular complexity index is 437. The minimum Gasteiger partial charge on any atom is -0.368 e. The Hall–Kier alpha value is -1.51. The number of carbonyl (C=O) groups excluding carboxylic acids is 1. The van der Waals surface area contributed by atoms with Crippen LogP contribution in [0.1, 0.15) is 23.6 Å². The van der Waals surface area contributed by atoms with Crippen molar-refractivity contribution in [3.05, 3.63) is 28.8 Å². The minimum atomic E-state index is 0.187. The second-order valence-corrected chi connectivity index (χ2v) is 5.24. The van der Waals surface area contributed by atoms with Crippen LogP contribution in [-0.2, 0) is 4.79 Å². The van der Waals surface area contributed by atoms with Crippen LogP contribution in [0.5, 0.6) is 0 Å². The molecule has 3 nitrogen and oxygen atoms in total. The van der Waals surface area contributed by atoms with Gasteiger partial charge in [-0.05, 0) is 31.9 Å². The van der Waals surface area contributed by atoms with Crippen LogP contribution in [0.25, 0.3) is 0 Å². The highest BCUT2D eigenvalue weighted by Gasteiger charge is 2.20. The number of piperazine rings is 1. The third kappa shape index (κ3) is 2.50. The summed E-state index contributed by atoms with van der Waals surface area (Å²) in [5.41, 5.74) is 5.34. The van der Waals surface area contributed by atoms with E-state index in [-0.39, 0.29) is 5.91 Å². The zero-order valence-electron chi connectivity index (χ0n) is 11.8. The molecule has 1 aromatic carbocycles. The summed E-state index contributed by atoms with van der Waals surface area (Å²) in [6, 6.07) is 4.47. The van der Waals surface area contributed by atoms with E-state index >= 15 is 0 Å². The highest BCUT2D eigenvalue weighted by Crippen LogP contribution is 2.27. The van der Waals surface area contributed by atoms with Gasteiger partial charge in [0.25, 0.3) is 0 Å². The fraction of sp³-hybridized carbons (Fsp3) is 0.533. The predicted octanol–water partition coefficient (Wildman–Crippen LogP) is 2.28. The van der Waals surface area contributed by atoms with Crippen LogP contribution < -0.4 is 4.90 Å². The number of anilines is 1. The zero-order chi connectivity index (χ0) is 13.3. The molecule has 0 saturated carbocycles. The summed E-state index contributed by atoms with van der Waals surface area (Å²) in [5, 5.41) is 0. The second-order valence-electron chi connectivity index (χ2n) is 5.24. The van der Waals surface area contributed by atoms with Crippen molar-refractivity contribution in [1.82, 2.24) is 4.90 Å². The molecule has 3 heteroatoms. The molecule has 98 valence electrons. The number of amides is 1. The molecule has 0 bridgehead atoms. The second kappa shape index (κ2) is 5.01. The number of carbonyl (C=O) groups is 1. The normalized spacial score (nSPS) is 16.0. The maximum atomic E-state index is 11.3. The van der Waals surface area contributed by atoms with Gasteiger partial charge in [0.05, 0.1) is 0 Å². The van der Waals surface area contributed by atoms with E-state index in [2.05, 4.69) is 37.8 Å². The van der Waals surface area contributed by atoms with Gasteiger partial charge in [0.15, 0.2) is 0 Å². The predicted molar refractivity (Wildman–Crippen MR) is 75.1 cm³/mol. The molecule has 0 aromatic heterocycles. The van der Waals surface area contributed by atoms with Crippen LogP contribution in [0.15, 0.2) is 12.1 Å². The molecule has 0 spiro atoms. The monoisotopic (exact) mass is 246 g/mol. The van der Waals surface area contributed by atoms with Crippen molar-refractivity contribution in [2.24, 2.45) is 0 Å². The molecule has 0 radical (unpaired) electrons. The molecule has 0 atom stereocenters. The van der Waals surface area contributed by atoms with Gasteiger partial charge in [-0.15, -0.1) is 0 Å². The van der Waals surface area contributed by atoms with Gasteiger partial charge in [0.2, 0.25) is 5.91 Å². The molecule has 1 aromatic rings. The van der Waals surface area contributed by atoms with Gasteiger partial charge in [-0.3, -0.25) is 4.79 Å². The van der Waals surface area contributed by atoms with E-state index in [9.17, 15) is 4.79 Å². The highest BCUT2D eigenvalue weighted by molar-refractivity contribution is 5.73. The Kier molecular flexibility index (Phi) is 3.60. The topological polar surface area (TPSA) is 23.6 Å². The molecule has 1 amide bonds. The molecule has 18 heavy (non-hydrogen) atoms. The average molecular weight is 246 g/mol. The van der Waals surface area contributed by atoms with Gasteiger partial charge in [-0.1, -0.05) is 17.7 Å². The first-order valence-corrected chi connectivity index (χ1v) is 6.57. The van der Waals surface area contributed by atoms with E-state index in [0.717, 1.165) is 26.2 Å². The Labute approximate surface area is 109 Å². The fourth-order valence-corrected chi connectivity index (χ4v) is 2.92. The van der Waals surface area contributed by atoms with Gasteiger partial charge in [0, 0.05) is 38.8 Å². The van der Waals surface area contributed by atoms with E-state index in [1.165, 1.54) is 22.4 Å². The first-order valence-electron chi connectivity index (χ1n) is 6.57. The van der Waals surface area contributed by atoms with Gasteiger partial charge in [-0.25, -0.2) is 0 Å². The Morgan fingerprint density at radius 3 is 1.94 bits per heavy atom. The maximum absolute atomic E-state index is 11.3. The third-order valence-corrected chi connectivity index (χ3v) is 3.68. The van der Waals surface area contributed by atoms with E-state index in [1.54, 1.807) is 6.92 Å². The molecule has 2 rings (SSSR count). The number of aryl methyl sites for hydroxylation is 3. The summed E-state index contributed by atoms with van der Waals surface area (Å²) in [5.74, 6) is 0.187. The molecule has 0 aliphatic carbocycles. The van der Waals surface area contributed by atoms with Crippen LogP contribution in [0.4, 0.5) is 5.69 Å². The van der Waals surface area contributed by atoms with Crippen molar-refractivity contribution >= 4 is 11.6 Å². The van der Waals surface area contributed by atoms with Gasteiger partial charge < -0.3 is 9.80 Å². The molecule has 1 saturated heterocycles. The van der Waals surface area contributed by atoms with Crippen LogP contribution >= 0.6 is 0 Å². The summed E-state index contributed by atoms with van der Waals surface area (Å²) in [7, 11) is 0. The SMILES string of the molecule is CC(=O)N1CCN(c2c(C)cc(C)cc2C)CC1. The molecular formula is C15H22N2O. The summed E-state index contributed by atoms with van der Waals surface area (Å²) >= 11 is 0. The molecule has 1 heterocycles. The van der Waals surface area contributed by atoms with Crippen molar-refractivity contribution in [1.29, 1.82) is 0 Å². The summed E-state index contributed by atoms with van der Waals surface area (Å²) in [4.78, 5) is 15.7. The van der Waals surface area contributed by atoms with Crippen LogP contribution in [0.3, 0.4) is 0 Å². The highest BCUT2D eigenvalue weighted by atomic mass is 16.2. The number of hydrogen-bond acceptors (Lipinski definition) is 2. The van der Waals surface area contributed by atoms with Crippen LogP contribution in [-0.4, -0.2) is 37.0 Å². The lowest BCUT2D eigenvalue weighted by Crippen LogP contribution is -2.48. The van der Waals surface area contributed by atoms with Crippen molar-refractivity contribution in [2.45, 2.75) is 27.7 Å². The minimum absolute atomic E-state index is 0.187. The van der Waals surface area contributed by atoms with Crippen LogP contribution in [0, 0.1) is 20.8 Å².